The van der Waals surface area contributed by atoms with Crippen LogP contribution in [0, 0.1) is 5.92 Å². The zero-order valence-electron chi connectivity index (χ0n) is 12.9. The van der Waals surface area contributed by atoms with Gasteiger partial charge in [0.2, 0.25) is 0 Å². The highest BCUT2D eigenvalue weighted by Crippen LogP contribution is 2.37. The lowest BCUT2D eigenvalue weighted by atomic mass is 9.78. The summed E-state index contributed by atoms with van der Waals surface area (Å²) >= 11 is 0. The fourth-order valence-corrected chi connectivity index (χ4v) is 4.07. The molecule has 20 heavy (non-hydrogen) atoms. The molecule has 2 nitrogen and oxygen atoms in total. The van der Waals surface area contributed by atoms with Gasteiger partial charge in [-0.05, 0) is 63.3 Å². The first-order valence-electron chi connectivity index (χ1n) is 8.33. The Morgan fingerprint density at radius 3 is 2.50 bits per heavy atom. The Bertz CT molecular complexity index is 424. The predicted molar refractivity (Wildman–Crippen MR) is 86.2 cm³/mol. The number of fused-ring (bicyclic) bond motifs is 1. The van der Waals surface area contributed by atoms with Gasteiger partial charge in [-0.1, -0.05) is 25.0 Å². The summed E-state index contributed by atoms with van der Waals surface area (Å²) in [5, 5.41) is 3.31. The lowest BCUT2D eigenvalue weighted by Gasteiger charge is -2.45. The second-order valence-corrected chi connectivity index (χ2v) is 6.55. The first-order valence-corrected chi connectivity index (χ1v) is 8.33. The maximum atomic E-state index is 3.31. The molecule has 1 aromatic carbocycles. The Morgan fingerprint density at radius 2 is 1.75 bits per heavy atom. The van der Waals surface area contributed by atoms with E-state index in [2.05, 4.69) is 41.4 Å². The maximum absolute atomic E-state index is 3.31. The van der Waals surface area contributed by atoms with Crippen molar-refractivity contribution in [2.75, 3.05) is 18.5 Å². The normalized spacial score (nSPS) is 28.0. The molecule has 1 saturated heterocycles. The van der Waals surface area contributed by atoms with Gasteiger partial charge in [0.15, 0.2) is 0 Å². The Kier molecular flexibility index (Phi) is 4.30. The first kappa shape index (κ1) is 13.9. The SMILES string of the molecule is CNC(C)c1ccc(N2CCC[C@H]3CCCC[C@H]32)cc1. The van der Waals surface area contributed by atoms with E-state index < -0.39 is 0 Å². The first-order chi connectivity index (χ1) is 9.79. The number of anilines is 1. The number of piperidine rings is 1. The summed E-state index contributed by atoms with van der Waals surface area (Å²) in [5.41, 5.74) is 2.82. The molecule has 3 atom stereocenters. The van der Waals surface area contributed by atoms with E-state index in [1.54, 1.807) is 0 Å². The van der Waals surface area contributed by atoms with E-state index in [1.165, 1.54) is 56.3 Å². The zero-order chi connectivity index (χ0) is 13.9. The number of hydrogen-bond donors (Lipinski definition) is 1. The molecule has 1 heterocycles. The quantitative estimate of drug-likeness (QED) is 0.890. The van der Waals surface area contributed by atoms with Gasteiger partial charge in [-0.2, -0.15) is 0 Å². The van der Waals surface area contributed by atoms with Crippen LogP contribution < -0.4 is 10.2 Å². The topological polar surface area (TPSA) is 15.3 Å². The molecule has 1 N–H and O–H groups in total. The molecule has 0 aromatic heterocycles. The van der Waals surface area contributed by atoms with Gasteiger partial charge in [-0.15, -0.1) is 0 Å². The Hall–Kier alpha value is -1.02. The molecule has 0 bridgehead atoms. The fraction of sp³-hybridized carbons (Fsp3) is 0.667. The maximum Gasteiger partial charge on any atom is 0.0369 e. The van der Waals surface area contributed by atoms with Crippen molar-refractivity contribution in [1.82, 2.24) is 5.32 Å². The van der Waals surface area contributed by atoms with Crippen LogP contribution in [-0.2, 0) is 0 Å². The molecule has 1 aliphatic carbocycles. The van der Waals surface area contributed by atoms with Crippen molar-refractivity contribution in [3.8, 4) is 0 Å². The van der Waals surface area contributed by atoms with Gasteiger partial charge >= 0.3 is 0 Å². The van der Waals surface area contributed by atoms with Crippen LogP contribution in [-0.4, -0.2) is 19.6 Å². The van der Waals surface area contributed by atoms with Gasteiger partial charge in [-0.25, -0.2) is 0 Å². The summed E-state index contributed by atoms with van der Waals surface area (Å²) in [7, 11) is 2.02. The third kappa shape index (κ3) is 2.71. The lowest BCUT2D eigenvalue weighted by Crippen LogP contribution is -2.46. The summed E-state index contributed by atoms with van der Waals surface area (Å²) in [5.74, 6) is 0.952. The number of rotatable bonds is 3. The molecule has 0 amide bonds. The minimum Gasteiger partial charge on any atom is -0.368 e. The molecule has 1 unspecified atom stereocenters. The number of hydrogen-bond acceptors (Lipinski definition) is 2. The summed E-state index contributed by atoms with van der Waals surface area (Å²) in [4.78, 5) is 2.70. The van der Waals surface area contributed by atoms with E-state index in [0.717, 1.165) is 12.0 Å². The third-order valence-corrected chi connectivity index (χ3v) is 5.40. The molecule has 0 spiro atoms. The van der Waals surface area contributed by atoms with Crippen LogP contribution in [0.5, 0.6) is 0 Å². The molecule has 1 aliphatic heterocycles. The van der Waals surface area contributed by atoms with Crippen molar-refractivity contribution in [3.05, 3.63) is 29.8 Å². The molecule has 2 fully saturated rings. The molecule has 2 aliphatic rings. The van der Waals surface area contributed by atoms with Crippen LogP contribution in [0.15, 0.2) is 24.3 Å². The Labute approximate surface area is 123 Å². The van der Waals surface area contributed by atoms with E-state index >= 15 is 0 Å². The van der Waals surface area contributed by atoms with Crippen molar-refractivity contribution in [1.29, 1.82) is 0 Å². The van der Waals surface area contributed by atoms with Crippen molar-refractivity contribution in [2.24, 2.45) is 5.92 Å². The average Bonchev–Trinajstić information content (AvgIpc) is 2.54. The van der Waals surface area contributed by atoms with E-state index in [0.29, 0.717) is 6.04 Å². The van der Waals surface area contributed by atoms with Crippen LogP contribution in [0.4, 0.5) is 5.69 Å². The van der Waals surface area contributed by atoms with Crippen LogP contribution in [0.25, 0.3) is 0 Å². The monoisotopic (exact) mass is 272 g/mol. The molecule has 0 radical (unpaired) electrons. The molecule has 110 valence electrons. The van der Waals surface area contributed by atoms with Gasteiger partial charge in [0.25, 0.3) is 0 Å². The minimum atomic E-state index is 0.438. The standard InChI is InChI=1S/C18H28N2/c1-14(19-2)15-9-11-17(12-10-15)20-13-5-7-16-6-3-4-8-18(16)20/h9-12,14,16,18-19H,3-8,13H2,1-2H3/t14?,16-,18-/m1/s1. The van der Waals surface area contributed by atoms with Crippen molar-refractivity contribution in [2.45, 2.75) is 57.5 Å². The van der Waals surface area contributed by atoms with Gasteiger partial charge < -0.3 is 10.2 Å². The summed E-state index contributed by atoms with van der Waals surface area (Å²) in [6.07, 6.45) is 8.56. The average molecular weight is 272 g/mol. The largest absolute Gasteiger partial charge is 0.368 e. The number of nitrogens with zero attached hydrogens (tertiary/aromatic N) is 1. The van der Waals surface area contributed by atoms with Crippen LogP contribution >= 0.6 is 0 Å². The summed E-state index contributed by atoms with van der Waals surface area (Å²) < 4.78 is 0. The van der Waals surface area contributed by atoms with Gasteiger partial charge in [-0.3, -0.25) is 0 Å². The Morgan fingerprint density at radius 1 is 1.05 bits per heavy atom. The van der Waals surface area contributed by atoms with E-state index in [9.17, 15) is 0 Å². The second kappa shape index (κ2) is 6.17. The van der Waals surface area contributed by atoms with E-state index in [-0.39, 0.29) is 0 Å². The lowest BCUT2D eigenvalue weighted by molar-refractivity contribution is 0.244. The highest BCUT2D eigenvalue weighted by Gasteiger charge is 2.33. The van der Waals surface area contributed by atoms with Crippen LogP contribution in [0.3, 0.4) is 0 Å². The van der Waals surface area contributed by atoms with Crippen molar-refractivity contribution >= 4 is 5.69 Å². The van der Waals surface area contributed by atoms with E-state index in [1.807, 2.05) is 7.05 Å². The highest BCUT2D eigenvalue weighted by molar-refractivity contribution is 5.49. The van der Waals surface area contributed by atoms with Gasteiger partial charge in [0.1, 0.15) is 0 Å². The highest BCUT2D eigenvalue weighted by atomic mass is 15.2. The molecule has 1 aromatic rings. The van der Waals surface area contributed by atoms with Crippen molar-refractivity contribution < 1.29 is 0 Å². The van der Waals surface area contributed by atoms with Crippen LogP contribution in [0.1, 0.15) is 57.1 Å². The molecular weight excluding hydrogens is 244 g/mol. The van der Waals surface area contributed by atoms with E-state index in [4.69, 9.17) is 0 Å². The number of nitrogens with one attached hydrogen (secondary N) is 1. The summed E-state index contributed by atoms with van der Waals surface area (Å²) in [6.45, 7) is 3.47. The molecule has 3 rings (SSSR count). The molecule has 1 saturated carbocycles. The Balaban J connectivity index is 1.77. The molecule has 2 heteroatoms. The second-order valence-electron chi connectivity index (χ2n) is 6.55. The molecular formula is C18H28N2. The summed E-state index contributed by atoms with van der Waals surface area (Å²) in [6, 6.07) is 10.5. The van der Waals surface area contributed by atoms with Crippen molar-refractivity contribution in [3.63, 3.8) is 0 Å². The zero-order valence-corrected chi connectivity index (χ0v) is 12.9. The smallest absolute Gasteiger partial charge is 0.0369 e. The van der Waals surface area contributed by atoms with Crippen LogP contribution in [0.2, 0.25) is 0 Å². The van der Waals surface area contributed by atoms with Gasteiger partial charge in [0.05, 0.1) is 0 Å². The number of benzene rings is 1. The predicted octanol–water partition coefficient (Wildman–Crippen LogP) is 4.13. The fourth-order valence-electron chi connectivity index (χ4n) is 4.07. The third-order valence-electron chi connectivity index (χ3n) is 5.40. The minimum absolute atomic E-state index is 0.438. The van der Waals surface area contributed by atoms with Gasteiger partial charge in [0, 0.05) is 24.3 Å².